The highest BCUT2D eigenvalue weighted by Gasteiger charge is 2.49. The fourth-order valence-electron chi connectivity index (χ4n) is 4.20. The lowest BCUT2D eigenvalue weighted by Crippen LogP contribution is -2.61. The molecule has 0 aromatic rings. The molecule has 2 rings (SSSR count). The molecule has 2 aliphatic carbocycles. The van der Waals surface area contributed by atoms with Gasteiger partial charge in [-0.1, -0.05) is 34.6 Å². The zero-order chi connectivity index (χ0) is 13.6. The van der Waals surface area contributed by atoms with Crippen LogP contribution in [0.2, 0.25) is 0 Å². The Morgan fingerprint density at radius 2 is 1.72 bits per heavy atom. The standard InChI is InChI=1S/C16H31NO/c1-11-7-12(10-15(2,3)9-11)18-14-8-13(17-6)16(14,4)5/h11-14,17H,7-10H2,1-6H3. The normalized spacial score (nSPS) is 42.3. The van der Waals surface area contributed by atoms with Gasteiger partial charge in [-0.05, 0) is 44.1 Å². The quantitative estimate of drug-likeness (QED) is 0.829. The summed E-state index contributed by atoms with van der Waals surface area (Å²) < 4.78 is 6.44. The van der Waals surface area contributed by atoms with Crippen LogP contribution in [0.1, 0.15) is 60.3 Å². The molecule has 0 saturated heterocycles. The highest BCUT2D eigenvalue weighted by Crippen LogP contribution is 2.46. The van der Waals surface area contributed by atoms with Gasteiger partial charge in [-0.15, -0.1) is 0 Å². The first-order valence-corrected chi connectivity index (χ1v) is 7.57. The first kappa shape index (κ1) is 14.3. The number of hydrogen-bond donors (Lipinski definition) is 1. The molecule has 2 fully saturated rings. The summed E-state index contributed by atoms with van der Waals surface area (Å²) in [7, 11) is 2.06. The van der Waals surface area contributed by atoms with Crippen molar-refractivity contribution >= 4 is 0 Å². The molecule has 4 atom stereocenters. The van der Waals surface area contributed by atoms with Crippen LogP contribution in [0.25, 0.3) is 0 Å². The van der Waals surface area contributed by atoms with Gasteiger partial charge >= 0.3 is 0 Å². The zero-order valence-electron chi connectivity index (χ0n) is 13.0. The second-order valence-corrected chi connectivity index (χ2v) is 8.06. The van der Waals surface area contributed by atoms with Gasteiger partial charge in [0.15, 0.2) is 0 Å². The predicted molar refractivity (Wildman–Crippen MR) is 76.7 cm³/mol. The smallest absolute Gasteiger partial charge is 0.0659 e. The van der Waals surface area contributed by atoms with Crippen LogP contribution in [-0.4, -0.2) is 25.3 Å². The predicted octanol–water partition coefficient (Wildman–Crippen LogP) is 3.60. The Kier molecular flexibility index (Phi) is 3.81. The average Bonchev–Trinajstić information content (AvgIpc) is 2.20. The summed E-state index contributed by atoms with van der Waals surface area (Å²) in [4.78, 5) is 0. The van der Waals surface area contributed by atoms with Crippen molar-refractivity contribution in [1.29, 1.82) is 0 Å². The van der Waals surface area contributed by atoms with Gasteiger partial charge in [-0.3, -0.25) is 0 Å². The van der Waals surface area contributed by atoms with Crippen molar-refractivity contribution in [1.82, 2.24) is 5.32 Å². The molecule has 0 radical (unpaired) electrons. The number of nitrogens with one attached hydrogen (secondary N) is 1. The van der Waals surface area contributed by atoms with E-state index < -0.39 is 0 Å². The third kappa shape index (κ3) is 2.75. The van der Waals surface area contributed by atoms with Crippen molar-refractivity contribution in [3.63, 3.8) is 0 Å². The Balaban J connectivity index is 1.91. The van der Waals surface area contributed by atoms with E-state index >= 15 is 0 Å². The summed E-state index contributed by atoms with van der Waals surface area (Å²) in [5.74, 6) is 0.807. The molecule has 2 saturated carbocycles. The number of rotatable bonds is 3. The van der Waals surface area contributed by atoms with Crippen LogP contribution < -0.4 is 5.32 Å². The van der Waals surface area contributed by atoms with Crippen molar-refractivity contribution in [3.05, 3.63) is 0 Å². The molecule has 4 unspecified atom stereocenters. The van der Waals surface area contributed by atoms with Crippen LogP contribution in [0.5, 0.6) is 0 Å². The molecule has 0 aromatic heterocycles. The first-order chi connectivity index (χ1) is 8.24. The molecule has 1 N–H and O–H groups in total. The summed E-state index contributed by atoms with van der Waals surface area (Å²) in [6.07, 6.45) is 5.93. The SMILES string of the molecule is CNC1CC(OC2CC(C)CC(C)(C)C2)C1(C)C. The van der Waals surface area contributed by atoms with Gasteiger partial charge in [0.1, 0.15) is 0 Å². The van der Waals surface area contributed by atoms with E-state index in [4.69, 9.17) is 4.74 Å². The Morgan fingerprint density at radius 3 is 2.22 bits per heavy atom. The monoisotopic (exact) mass is 253 g/mol. The molecule has 2 aliphatic rings. The van der Waals surface area contributed by atoms with E-state index in [2.05, 4.69) is 47.0 Å². The van der Waals surface area contributed by atoms with Crippen LogP contribution in [0.4, 0.5) is 0 Å². The third-order valence-electron chi connectivity index (χ3n) is 5.23. The van der Waals surface area contributed by atoms with Gasteiger partial charge in [-0.2, -0.15) is 0 Å². The van der Waals surface area contributed by atoms with Crippen molar-refractivity contribution in [3.8, 4) is 0 Å². The molecule has 18 heavy (non-hydrogen) atoms. The lowest BCUT2D eigenvalue weighted by molar-refractivity contribution is -0.165. The number of ether oxygens (including phenoxy) is 1. The maximum absolute atomic E-state index is 6.44. The average molecular weight is 253 g/mol. The van der Waals surface area contributed by atoms with Gasteiger partial charge in [0.25, 0.3) is 0 Å². The van der Waals surface area contributed by atoms with Crippen LogP contribution in [0.3, 0.4) is 0 Å². The molecular weight excluding hydrogens is 222 g/mol. The van der Waals surface area contributed by atoms with Crippen LogP contribution >= 0.6 is 0 Å². The van der Waals surface area contributed by atoms with E-state index in [1.165, 1.54) is 25.7 Å². The summed E-state index contributed by atoms with van der Waals surface area (Å²) in [5.41, 5.74) is 0.748. The van der Waals surface area contributed by atoms with E-state index in [1.807, 2.05) is 0 Å². The largest absolute Gasteiger partial charge is 0.374 e. The van der Waals surface area contributed by atoms with Gasteiger partial charge in [0, 0.05) is 11.5 Å². The third-order valence-corrected chi connectivity index (χ3v) is 5.23. The molecule has 2 heteroatoms. The van der Waals surface area contributed by atoms with Gasteiger partial charge in [-0.25, -0.2) is 0 Å². The fourth-order valence-corrected chi connectivity index (χ4v) is 4.20. The minimum absolute atomic E-state index is 0.291. The van der Waals surface area contributed by atoms with E-state index in [0.29, 0.717) is 29.1 Å². The fraction of sp³-hybridized carbons (Fsp3) is 1.00. The zero-order valence-corrected chi connectivity index (χ0v) is 13.0. The van der Waals surface area contributed by atoms with Crippen molar-refractivity contribution < 1.29 is 4.74 Å². The Morgan fingerprint density at radius 1 is 1.06 bits per heavy atom. The van der Waals surface area contributed by atoms with Crippen molar-refractivity contribution in [2.45, 2.75) is 78.6 Å². The highest BCUT2D eigenvalue weighted by atomic mass is 16.5. The molecule has 106 valence electrons. The molecule has 0 aromatic carbocycles. The summed E-state index contributed by atoms with van der Waals surface area (Å²) in [6.45, 7) is 11.8. The summed E-state index contributed by atoms with van der Waals surface area (Å²) >= 11 is 0. The minimum atomic E-state index is 0.291. The summed E-state index contributed by atoms with van der Waals surface area (Å²) in [6, 6.07) is 0.622. The molecule has 0 bridgehead atoms. The van der Waals surface area contributed by atoms with Crippen molar-refractivity contribution in [2.24, 2.45) is 16.7 Å². The Labute approximate surface area is 113 Å². The lowest BCUT2D eigenvalue weighted by atomic mass is 9.64. The van der Waals surface area contributed by atoms with E-state index in [0.717, 1.165) is 5.92 Å². The Hall–Kier alpha value is -0.0800. The molecule has 0 spiro atoms. The Bertz CT molecular complexity index is 297. The molecule has 0 heterocycles. The molecular formula is C16H31NO. The van der Waals surface area contributed by atoms with Crippen molar-refractivity contribution in [2.75, 3.05) is 7.05 Å². The maximum atomic E-state index is 6.44. The lowest BCUT2D eigenvalue weighted by Gasteiger charge is -2.53. The van der Waals surface area contributed by atoms with Crippen LogP contribution in [-0.2, 0) is 4.74 Å². The topological polar surface area (TPSA) is 21.3 Å². The van der Waals surface area contributed by atoms with E-state index in [-0.39, 0.29) is 0 Å². The van der Waals surface area contributed by atoms with Crippen LogP contribution in [0, 0.1) is 16.7 Å². The first-order valence-electron chi connectivity index (χ1n) is 7.57. The molecule has 0 aliphatic heterocycles. The van der Waals surface area contributed by atoms with Gasteiger partial charge in [0.2, 0.25) is 0 Å². The van der Waals surface area contributed by atoms with E-state index in [1.54, 1.807) is 0 Å². The highest BCUT2D eigenvalue weighted by molar-refractivity contribution is 5.03. The molecule has 0 amide bonds. The van der Waals surface area contributed by atoms with Crippen LogP contribution in [0.15, 0.2) is 0 Å². The summed E-state index contributed by atoms with van der Waals surface area (Å²) in [5, 5.41) is 3.40. The second kappa shape index (κ2) is 4.79. The molecule has 2 nitrogen and oxygen atoms in total. The second-order valence-electron chi connectivity index (χ2n) is 8.06. The number of hydrogen-bond acceptors (Lipinski definition) is 2. The van der Waals surface area contributed by atoms with Gasteiger partial charge < -0.3 is 10.1 Å². The van der Waals surface area contributed by atoms with E-state index in [9.17, 15) is 0 Å². The minimum Gasteiger partial charge on any atom is -0.374 e. The van der Waals surface area contributed by atoms with Gasteiger partial charge in [0.05, 0.1) is 12.2 Å². The maximum Gasteiger partial charge on any atom is 0.0659 e.